The summed E-state index contributed by atoms with van der Waals surface area (Å²) in [6, 6.07) is 8.07. The number of halogens is 3. The van der Waals surface area contributed by atoms with Crippen LogP contribution in [0.4, 0.5) is 18.0 Å². The summed E-state index contributed by atoms with van der Waals surface area (Å²) in [7, 11) is 1.71. The number of aliphatic hydroxyl groups is 1. The molecular weight excluding hydrogens is 443 g/mol. The van der Waals surface area contributed by atoms with Crippen molar-refractivity contribution in [1.29, 1.82) is 0 Å². The Balaban J connectivity index is 1.38. The van der Waals surface area contributed by atoms with E-state index in [0.29, 0.717) is 54.3 Å². The minimum absolute atomic E-state index is 0.106. The first kappa shape index (κ1) is 22.6. The predicted octanol–water partition coefficient (Wildman–Crippen LogP) is 3.77. The van der Waals surface area contributed by atoms with Crippen molar-refractivity contribution >= 4 is 23.3 Å². The molecule has 0 spiro atoms. The second-order valence-electron chi connectivity index (χ2n) is 8.21. The van der Waals surface area contributed by atoms with Crippen LogP contribution in [0.15, 0.2) is 36.4 Å². The summed E-state index contributed by atoms with van der Waals surface area (Å²) in [4.78, 5) is 31.8. The van der Waals surface area contributed by atoms with Gasteiger partial charge in [0.1, 0.15) is 0 Å². The number of β-amino-alcohol motifs (C(OH)–C–C–N with tert-alkyl or cyclic N) is 1. The van der Waals surface area contributed by atoms with Crippen LogP contribution in [0.3, 0.4) is 0 Å². The topological polar surface area (TPSA) is 64.1 Å². The van der Waals surface area contributed by atoms with E-state index in [4.69, 9.17) is 0 Å². The highest BCUT2D eigenvalue weighted by Gasteiger charge is 2.35. The Labute approximate surface area is 187 Å². The number of nitrogens with zero attached hydrogens (tertiary/aromatic N) is 3. The van der Waals surface area contributed by atoms with E-state index in [1.807, 2.05) is 0 Å². The number of likely N-dealkylation sites (tertiary alicyclic amines) is 2. The quantitative estimate of drug-likeness (QED) is 0.748. The first-order valence-electron chi connectivity index (χ1n) is 10.4. The van der Waals surface area contributed by atoms with Gasteiger partial charge in [0.05, 0.1) is 22.6 Å². The number of aliphatic hydroxyl groups excluding tert-OH is 1. The molecular formula is C22H24F3N3O3S. The summed E-state index contributed by atoms with van der Waals surface area (Å²) in [6.45, 7) is 1.87. The van der Waals surface area contributed by atoms with Crippen LogP contribution in [-0.2, 0) is 6.18 Å². The van der Waals surface area contributed by atoms with Crippen molar-refractivity contribution in [1.82, 2.24) is 14.7 Å². The maximum Gasteiger partial charge on any atom is 0.416 e. The molecule has 2 atom stereocenters. The van der Waals surface area contributed by atoms with Gasteiger partial charge in [0.15, 0.2) is 0 Å². The van der Waals surface area contributed by atoms with Crippen molar-refractivity contribution in [3.63, 3.8) is 0 Å². The van der Waals surface area contributed by atoms with Crippen LogP contribution >= 0.6 is 11.3 Å². The molecule has 2 aromatic rings. The van der Waals surface area contributed by atoms with Crippen molar-refractivity contribution in [3.05, 3.63) is 46.8 Å². The number of urea groups is 1. The minimum Gasteiger partial charge on any atom is -0.391 e. The van der Waals surface area contributed by atoms with Crippen molar-refractivity contribution < 1.29 is 27.9 Å². The fraction of sp³-hybridized carbons (Fsp3) is 0.455. The van der Waals surface area contributed by atoms with E-state index in [1.54, 1.807) is 33.9 Å². The molecule has 0 radical (unpaired) electrons. The SMILES string of the molecule is CN(C(=O)c1ccc(-c2ccc(C(F)(F)F)cc2)s1)C1CCN(C(=O)N2CCC(O)C2)C1. The molecule has 1 N–H and O–H groups in total. The van der Waals surface area contributed by atoms with Gasteiger partial charge >= 0.3 is 12.2 Å². The molecule has 0 saturated carbocycles. The third-order valence-corrected chi connectivity index (χ3v) is 7.17. The van der Waals surface area contributed by atoms with Crippen LogP contribution in [0.5, 0.6) is 0 Å². The lowest BCUT2D eigenvalue weighted by Gasteiger charge is -2.26. The predicted molar refractivity (Wildman–Crippen MR) is 114 cm³/mol. The van der Waals surface area contributed by atoms with Gasteiger partial charge in [-0.15, -0.1) is 11.3 Å². The number of hydrogen-bond acceptors (Lipinski definition) is 4. The first-order valence-corrected chi connectivity index (χ1v) is 11.2. The molecule has 2 fully saturated rings. The van der Waals surface area contributed by atoms with E-state index in [9.17, 15) is 27.9 Å². The van der Waals surface area contributed by atoms with Gasteiger partial charge in [0.2, 0.25) is 0 Å². The van der Waals surface area contributed by atoms with E-state index in [0.717, 1.165) is 12.1 Å². The molecule has 4 rings (SSSR count). The van der Waals surface area contributed by atoms with Crippen LogP contribution in [0.25, 0.3) is 10.4 Å². The summed E-state index contributed by atoms with van der Waals surface area (Å²) in [5.74, 6) is -0.177. The van der Waals surface area contributed by atoms with Crippen molar-refractivity contribution in [2.24, 2.45) is 0 Å². The Morgan fingerprint density at radius 3 is 2.31 bits per heavy atom. The van der Waals surface area contributed by atoms with Gasteiger partial charge in [0.25, 0.3) is 5.91 Å². The molecule has 2 saturated heterocycles. The van der Waals surface area contributed by atoms with Crippen molar-refractivity contribution in [3.8, 4) is 10.4 Å². The molecule has 1 aromatic carbocycles. The number of alkyl halides is 3. The standard InChI is InChI=1S/C22H24F3N3O3S/c1-26(16-8-10-27(12-16)21(31)28-11-9-17(29)13-28)20(30)19-7-6-18(32-19)14-2-4-15(5-3-14)22(23,24)25/h2-7,16-17,29H,8-13H2,1H3. The summed E-state index contributed by atoms with van der Waals surface area (Å²) in [6.07, 6.45) is -3.61. The van der Waals surface area contributed by atoms with Gasteiger partial charge in [-0.3, -0.25) is 4.79 Å². The Morgan fingerprint density at radius 2 is 1.69 bits per heavy atom. The monoisotopic (exact) mass is 467 g/mol. The average Bonchev–Trinajstić information content (AvgIpc) is 3.52. The molecule has 3 amide bonds. The van der Waals surface area contributed by atoms with Crippen molar-refractivity contribution in [2.75, 3.05) is 33.2 Å². The summed E-state index contributed by atoms with van der Waals surface area (Å²) in [5, 5.41) is 9.65. The van der Waals surface area contributed by atoms with Crippen molar-refractivity contribution in [2.45, 2.75) is 31.2 Å². The average molecular weight is 468 g/mol. The van der Waals surface area contributed by atoms with Crippen LogP contribution in [0.1, 0.15) is 28.1 Å². The summed E-state index contributed by atoms with van der Waals surface area (Å²) >= 11 is 1.23. The third-order valence-electron chi connectivity index (χ3n) is 6.05. The van der Waals surface area contributed by atoms with Gasteiger partial charge in [-0.2, -0.15) is 13.2 Å². The van der Waals surface area contributed by atoms with Gasteiger partial charge in [0, 0.05) is 38.1 Å². The van der Waals surface area contributed by atoms with E-state index >= 15 is 0 Å². The maximum absolute atomic E-state index is 13.0. The number of carbonyl (C=O) groups excluding carboxylic acids is 2. The molecule has 10 heteroatoms. The largest absolute Gasteiger partial charge is 0.416 e. The normalized spacial score (nSPS) is 21.3. The van der Waals surface area contributed by atoms with Crippen LogP contribution in [0, 0.1) is 0 Å². The van der Waals surface area contributed by atoms with E-state index in [2.05, 4.69) is 0 Å². The Bertz CT molecular complexity index is 992. The molecule has 2 aliphatic heterocycles. The number of thiophene rings is 1. The zero-order valence-corrected chi connectivity index (χ0v) is 18.3. The van der Waals surface area contributed by atoms with Gasteiger partial charge < -0.3 is 19.8 Å². The highest BCUT2D eigenvalue weighted by atomic mass is 32.1. The molecule has 0 aliphatic carbocycles. The van der Waals surface area contributed by atoms with E-state index in [-0.39, 0.29) is 18.0 Å². The Hall–Kier alpha value is -2.59. The zero-order chi connectivity index (χ0) is 23.0. The molecule has 172 valence electrons. The molecule has 3 heterocycles. The number of likely N-dealkylation sites (N-methyl/N-ethyl adjacent to an activating group) is 1. The Morgan fingerprint density at radius 1 is 1.03 bits per heavy atom. The highest BCUT2D eigenvalue weighted by Crippen LogP contribution is 2.33. The second kappa shape index (κ2) is 8.74. The number of rotatable bonds is 3. The molecule has 32 heavy (non-hydrogen) atoms. The van der Waals surface area contributed by atoms with Gasteiger partial charge in [-0.05, 0) is 42.7 Å². The molecule has 6 nitrogen and oxygen atoms in total. The molecule has 1 aromatic heterocycles. The lowest BCUT2D eigenvalue weighted by Crippen LogP contribution is -2.44. The van der Waals surface area contributed by atoms with Gasteiger partial charge in [-0.1, -0.05) is 12.1 Å². The summed E-state index contributed by atoms with van der Waals surface area (Å²) in [5.41, 5.74) is -0.0900. The second-order valence-corrected chi connectivity index (χ2v) is 9.30. The van der Waals surface area contributed by atoms with Crippen LogP contribution in [-0.4, -0.2) is 77.1 Å². The number of carbonyl (C=O) groups is 2. The molecule has 2 unspecified atom stereocenters. The van der Waals surface area contributed by atoms with E-state index < -0.39 is 17.8 Å². The molecule has 0 bridgehead atoms. The van der Waals surface area contributed by atoms with E-state index in [1.165, 1.54) is 23.5 Å². The zero-order valence-electron chi connectivity index (χ0n) is 17.5. The minimum atomic E-state index is -4.39. The summed E-state index contributed by atoms with van der Waals surface area (Å²) < 4.78 is 38.3. The molecule has 2 aliphatic rings. The van der Waals surface area contributed by atoms with Crippen LogP contribution in [0.2, 0.25) is 0 Å². The van der Waals surface area contributed by atoms with Crippen LogP contribution < -0.4 is 0 Å². The third kappa shape index (κ3) is 4.61. The Kier molecular flexibility index (Phi) is 6.17. The number of benzene rings is 1. The fourth-order valence-electron chi connectivity index (χ4n) is 4.12. The highest BCUT2D eigenvalue weighted by molar-refractivity contribution is 7.17. The number of amides is 3. The van der Waals surface area contributed by atoms with Gasteiger partial charge in [-0.25, -0.2) is 4.79 Å². The maximum atomic E-state index is 13.0. The lowest BCUT2D eigenvalue weighted by atomic mass is 10.1. The first-order chi connectivity index (χ1) is 15.1. The number of hydrogen-bond donors (Lipinski definition) is 1. The lowest BCUT2D eigenvalue weighted by molar-refractivity contribution is -0.137. The fourth-order valence-corrected chi connectivity index (χ4v) is 5.11. The smallest absolute Gasteiger partial charge is 0.391 e.